The first-order valence-corrected chi connectivity index (χ1v) is 10.6. The molecule has 0 saturated heterocycles. The summed E-state index contributed by atoms with van der Waals surface area (Å²) in [7, 11) is 0. The van der Waals surface area contributed by atoms with E-state index in [0.29, 0.717) is 23.4 Å². The van der Waals surface area contributed by atoms with Gasteiger partial charge in [-0.1, -0.05) is 65.4 Å². The lowest BCUT2D eigenvalue weighted by molar-refractivity contribution is -0.127. The quantitative estimate of drug-likeness (QED) is 0.573. The molecule has 2 heterocycles. The molecular weight excluding hydrogens is 382 g/mol. The lowest BCUT2D eigenvalue weighted by Crippen LogP contribution is -2.35. The normalized spacial score (nSPS) is 14.0. The van der Waals surface area contributed by atoms with Crippen molar-refractivity contribution >= 4 is 23.2 Å². The first-order chi connectivity index (χ1) is 14.1. The molecule has 1 aliphatic rings. The first-order valence-electron chi connectivity index (χ1n) is 9.66. The third kappa shape index (κ3) is 4.77. The van der Waals surface area contributed by atoms with Gasteiger partial charge in [0.15, 0.2) is 0 Å². The van der Waals surface area contributed by atoms with E-state index < -0.39 is 0 Å². The molecule has 0 saturated carbocycles. The summed E-state index contributed by atoms with van der Waals surface area (Å²) in [6.07, 6.45) is 3.02. The van der Waals surface area contributed by atoms with Gasteiger partial charge in [-0.25, -0.2) is 0 Å². The summed E-state index contributed by atoms with van der Waals surface area (Å²) < 4.78 is 5.75. The molecule has 5 nitrogen and oxygen atoms in total. The fraction of sp³-hybridized carbons (Fsp3) is 0.261. The third-order valence-electron chi connectivity index (χ3n) is 4.90. The Balaban J connectivity index is 1.34. The van der Waals surface area contributed by atoms with Crippen LogP contribution in [-0.4, -0.2) is 39.8 Å². The molecule has 0 spiro atoms. The molecule has 1 aromatic heterocycles. The number of nitrogens with zero attached hydrogens (tertiary/aromatic N) is 3. The van der Waals surface area contributed by atoms with Gasteiger partial charge in [0.25, 0.3) is 5.22 Å². The molecule has 29 heavy (non-hydrogen) atoms. The highest BCUT2D eigenvalue weighted by molar-refractivity contribution is 7.99. The van der Waals surface area contributed by atoms with Gasteiger partial charge in [-0.05, 0) is 43.5 Å². The van der Waals surface area contributed by atoms with E-state index in [9.17, 15) is 4.79 Å². The highest BCUT2D eigenvalue weighted by atomic mass is 32.2. The van der Waals surface area contributed by atoms with Crippen molar-refractivity contribution in [3.05, 3.63) is 71.3 Å². The average Bonchev–Trinajstić information content (AvgIpc) is 3.21. The minimum Gasteiger partial charge on any atom is -0.411 e. The second kappa shape index (κ2) is 8.66. The van der Waals surface area contributed by atoms with Gasteiger partial charge in [-0.15, -0.1) is 10.2 Å². The van der Waals surface area contributed by atoms with Crippen molar-refractivity contribution in [2.75, 3.05) is 18.8 Å². The molecule has 1 amide bonds. The van der Waals surface area contributed by atoms with Crippen LogP contribution in [0.4, 0.5) is 0 Å². The maximum absolute atomic E-state index is 12.6. The largest absolute Gasteiger partial charge is 0.411 e. The van der Waals surface area contributed by atoms with E-state index in [4.69, 9.17) is 4.42 Å². The van der Waals surface area contributed by atoms with E-state index in [0.717, 1.165) is 29.7 Å². The number of benzene rings is 2. The number of aromatic nitrogens is 2. The molecule has 0 N–H and O–H groups in total. The van der Waals surface area contributed by atoms with Crippen molar-refractivity contribution in [1.29, 1.82) is 0 Å². The Morgan fingerprint density at radius 3 is 2.52 bits per heavy atom. The van der Waals surface area contributed by atoms with Crippen molar-refractivity contribution in [2.45, 2.75) is 25.5 Å². The van der Waals surface area contributed by atoms with Gasteiger partial charge in [-0.3, -0.25) is 4.79 Å². The highest BCUT2D eigenvalue weighted by Gasteiger charge is 2.19. The fourth-order valence-electron chi connectivity index (χ4n) is 3.51. The lowest BCUT2D eigenvalue weighted by Gasteiger charge is -2.26. The Kier molecular flexibility index (Phi) is 5.81. The second-order valence-electron chi connectivity index (χ2n) is 7.22. The van der Waals surface area contributed by atoms with Gasteiger partial charge in [0, 0.05) is 18.7 Å². The van der Waals surface area contributed by atoms with Crippen LogP contribution < -0.4 is 0 Å². The Labute approximate surface area is 174 Å². The van der Waals surface area contributed by atoms with E-state index in [1.165, 1.54) is 22.9 Å². The SMILES string of the molecule is Cc1cc(C)cc(-c2nnc(SCC(=O)N3CC=C(c4ccccc4)CC3)o2)c1. The Morgan fingerprint density at radius 2 is 1.83 bits per heavy atom. The number of amides is 1. The second-order valence-corrected chi connectivity index (χ2v) is 8.15. The Bertz CT molecular complexity index is 1020. The number of aryl methyl sites for hydroxylation is 2. The van der Waals surface area contributed by atoms with E-state index in [1.54, 1.807) is 0 Å². The van der Waals surface area contributed by atoms with Crippen LogP contribution in [0.2, 0.25) is 0 Å². The summed E-state index contributed by atoms with van der Waals surface area (Å²) in [4.78, 5) is 14.4. The van der Waals surface area contributed by atoms with Gasteiger partial charge < -0.3 is 9.32 Å². The van der Waals surface area contributed by atoms with Crippen LogP contribution in [0.25, 0.3) is 17.0 Å². The van der Waals surface area contributed by atoms with Crippen molar-refractivity contribution < 1.29 is 9.21 Å². The zero-order chi connectivity index (χ0) is 20.2. The molecular formula is C23H23N3O2S. The number of carbonyl (C=O) groups excluding carboxylic acids is 1. The molecule has 6 heteroatoms. The Morgan fingerprint density at radius 1 is 1.07 bits per heavy atom. The van der Waals surface area contributed by atoms with Crippen LogP contribution in [0.5, 0.6) is 0 Å². The number of hydrogen-bond donors (Lipinski definition) is 0. The molecule has 0 unspecified atom stereocenters. The molecule has 0 aliphatic carbocycles. The summed E-state index contributed by atoms with van der Waals surface area (Å²) in [6, 6.07) is 16.5. The maximum Gasteiger partial charge on any atom is 0.277 e. The number of thioether (sulfide) groups is 1. The summed E-state index contributed by atoms with van der Waals surface area (Å²) in [5.41, 5.74) is 5.74. The predicted octanol–water partition coefficient (Wildman–Crippen LogP) is 4.76. The molecule has 2 aromatic carbocycles. The van der Waals surface area contributed by atoms with Crippen molar-refractivity contribution in [2.24, 2.45) is 0 Å². The minimum atomic E-state index is 0.0875. The smallest absolute Gasteiger partial charge is 0.277 e. The van der Waals surface area contributed by atoms with Gasteiger partial charge in [-0.2, -0.15) is 0 Å². The summed E-state index contributed by atoms with van der Waals surface area (Å²) in [5, 5.41) is 8.64. The summed E-state index contributed by atoms with van der Waals surface area (Å²) >= 11 is 1.29. The molecule has 0 atom stereocenters. The predicted molar refractivity (Wildman–Crippen MR) is 116 cm³/mol. The maximum atomic E-state index is 12.6. The summed E-state index contributed by atoms with van der Waals surface area (Å²) in [6.45, 7) is 5.45. The lowest BCUT2D eigenvalue weighted by atomic mass is 10.00. The van der Waals surface area contributed by atoms with Crippen molar-refractivity contribution in [1.82, 2.24) is 15.1 Å². The van der Waals surface area contributed by atoms with Crippen LogP contribution in [0, 0.1) is 13.8 Å². The molecule has 148 valence electrons. The minimum absolute atomic E-state index is 0.0875. The molecule has 4 rings (SSSR count). The molecule has 0 fully saturated rings. The van der Waals surface area contributed by atoms with Gasteiger partial charge in [0.2, 0.25) is 11.8 Å². The molecule has 1 aliphatic heterocycles. The van der Waals surface area contributed by atoms with Crippen LogP contribution in [-0.2, 0) is 4.79 Å². The van der Waals surface area contributed by atoms with Crippen LogP contribution in [0.3, 0.4) is 0 Å². The van der Waals surface area contributed by atoms with Crippen LogP contribution >= 0.6 is 11.8 Å². The first kappa shape index (κ1) is 19.5. The topological polar surface area (TPSA) is 59.2 Å². The van der Waals surface area contributed by atoms with E-state index >= 15 is 0 Å². The average molecular weight is 406 g/mol. The van der Waals surface area contributed by atoms with E-state index in [-0.39, 0.29) is 5.91 Å². The highest BCUT2D eigenvalue weighted by Crippen LogP contribution is 2.26. The third-order valence-corrected chi connectivity index (χ3v) is 5.70. The Hall–Kier alpha value is -2.86. The number of carbonyl (C=O) groups is 1. The standard InChI is InChI=1S/C23H23N3O2S/c1-16-12-17(2)14-20(13-16)22-24-25-23(28-22)29-15-21(27)26-10-8-19(9-11-26)18-6-4-3-5-7-18/h3-8,12-14H,9-11,15H2,1-2H3. The fourth-order valence-corrected chi connectivity index (χ4v) is 4.17. The van der Waals surface area contributed by atoms with Gasteiger partial charge in [0.05, 0.1) is 5.75 Å². The number of rotatable bonds is 5. The zero-order valence-corrected chi connectivity index (χ0v) is 17.4. The molecule has 0 radical (unpaired) electrons. The summed E-state index contributed by atoms with van der Waals surface area (Å²) in [5.74, 6) is 0.868. The van der Waals surface area contributed by atoms with Crippen molar-refractivity contribution in [3.63, 3.8) is 0 Å². The monoisotopic (exact) mass is 405 g/mol. The van der Waals surface area contributed by atoms with E-state index in [1.807, 2.05) is 49.1 Å². The van der Waals surface area contributed by atoms with E-state index in [2.05, 4.69) is 34.5 Å². The molecule has 3 aromatic rings. The molecule has 0 bridgehead atoms. The van der Waals surface area contributed by atoms with Gasteiger partial charge in [0.1, 0.15) is 0 Å². The van der Waals surface area contributed by atoms with Gasteiger partial charge >= 0.3 is 0 Å². The van der Waals surface area contributed by atoms with Crippen LogP contribution in [0.15, 0.2) is 64.2 Å². The number of hydrogen-bond acceptors (Lipinski definition) is 5. The van der Waals surface area contributed by atoms with Crippen molar-refractivity contribution in [3.8, 4) is 11.5 Å². The zero-order valence-electron chi connectivity index (χ0n) is 16.6. The van der Waals surface area contributed by atoms with Crippen LogP contribution in [0.1, 0.15) is 23.1 Å².